The molecule has 0 amide bonds. The van der Waals surface area contributed by atoms with Crippen LogP contribution in [0.5, 0.6) is 0 Å². The molecule has 0 bridgehead atoms. The first-order valence-corrected chi connectivity index (χ1v) is 15.5. The number of rotatable bonds is 24. The average Bonchev–Trinajstić information content (AvgIpc) is 3.02. The SMILES string of the molecule is O=S(=O)([O-])CNc1nc(NCCOCCO)nc(Nc2ccnc(Nc3nc(NCCOCCO)nc(NCSOO[O-])n3)n2)n1.[Na+].[Na+]. The molecule has 3 heterocycles. The number of hydrogen-bond donors (Lipinski definition) is 8. The van der Waals surface area contributed by atoms with E-state index in [1.54, 1.807) is 0 Å². The van der Waals surface area contributed by atoms with Crippen molar-refractivity contribution in [2.24, 2.45) is 0 Å². The summed E-state index contributed by atoms with van der Waals surface area (Å²) in [6.45, 7) is 1.04. The van der Waals surface area contributed by atoms with Crippen LogP contribution in [0.1, 0.15) is 0 Å². The Morgan fingerprint density at radius 2 is 1.23 bits per heavy atom. The molecule has 0 aromatic carbocycles. The molecule has 0 fully saturated rings. The Morgan fingerprint density at radius 1 is 0.708 bits per heavy atom. The third kappa shape index (κ3) is 18.6. The first kappa shape index (κ1) is 43.9. The number of nitrogens with zero attached hydrogens (tertiary/aromatic N) is 8. The van der Waals surface area contributed by atoms with Crippen molar-refractivity contribution >= 4 is 69.6 Å². The van der Waals surface area contributed by atoms with E-state index >= 15 is 0 Å². The molecule has 254 valence electrons. The molecule has 0 unspecified atom stereocenters. The van der Waals surface area contributed by atoms with E-state index in [1.807, 2.05) is 0 Å². The summed E-state index contributed by atoms with van der Waals surface area (Å²) < 4.78 is 47.9. The van der Waals surface area contributed by atoms with E-state index < -0.39 is 16.0 Å². The zero-order valence-corrected chi connectivity index (χ0v) is 31.4. The van der Waals surface area contributed by atoms with Crippen LogP contribution in [0.3, 0.4) is 0 Å². The van der Waals surface area contributed by atoms with Gasteiger partial charge in [-0.1, -0.05) is 0 Å². The second kappa shape index (κ2) is 24.9. The first-order valence-electron chi connectivity index (χ1n) is 13.0. The molecule has 0 saturated carbocycles. The van der Waals surface area contributed by atoms with Crippen molar-refractivity contribution in [1.29, 1.82) is 0 Å². The van der Waals surface area contributed by atoms with Crippen LogP contribution in [-0.2, 0) is 29.0 Å². The molecule has 3 aromatic rings. The number of hydrogen-bond acceptors (Lipinski definition) is 25. The van der Waals surface area contributed by atoms with Gasteiger partial charge in [-0.3, -0.25) is 10.4 Å². The molecule has 3 aromatic heterocycles. The molecule has 0 spiro atoms. The Morgan fingerprint density at radius 3 is 1.77 bits per heavy atom. The van der Waals surface area contributed by atoms with Gasteiger partial charge in [0.1, 0.15) is 21.8 Å². The summed E-state index contributed by atoms with van der Waals surface area (Å²) in [6, 6.07) is 1.48. The van der Waals surface area contributed by atoms with Crippen molar-refractivity contribution in [3.63, 3.8) is 0 Å². The molecule has 0 aliphatic heterocycles. The molecule has 48 heavy (non-hydrogen) atoms. The van der Waals surface area contributed by atoms with Gasteiger partial charge in [0, 0.05) is 19.3 Å². The molecule has 8 N–H and O–H groups in total. The molecule has 0 radical (unpaired) electrons. The largest absolute Gasteiger partial charge is 1.00 e. The summed E-state index contributed by atoms with van der Waals surface area (Å²) in [5.41, 5.74) is 0. The standard InChI is InChI=1S/C20H32N14O10S2.2Na/c35-5-9-41-7-3-22-15-28-17(24-11-45-44-43-37)33-20(32-15)30-14-21-2-1-13(26-14)27-19-31-16(23-4-8-42-10-6-36)29-18(34-19)25-12-46(38,39)40;;/h1-2,35-37H,3-12H2,(H,38,39,40)(H6,21,22,23,24,25,26,27,28,29,30,31,32,33,34);;/q;2*+1/p-2. The topological polar surface area (TPSA) is 333 Å². The summed E-state index contributed by atoms with van der Waals surface area (Å²) in [5.74, 6) is -0.767. The van der Waals surface area contributed by atoms with Crippen LogP contribution in [0, 0.1) is 0 Å². The van der Waals surface area contributed by atoms with Crippen molar-refractivity contribution in [3.8, 4) is 0 Å². The normalized spacial score (nSPS) is 10.8. The summed E-state index contributed by atoms with van der Waals surface area (Å²) in [5, 5.41) is 47.6. The fourth-order valence-electron chi connectivity index (χ4n) is 2.98. The van der Waals surface area contributed by atoms with Crippen molar-refractivity contribution in [2.75, 3.05) is 96.4 Å². The predicted molar refractivity (Wildman–Crippen MR) is 157 cm³/mol. The number of anilines is 8. The molecular weight excluding hydrogens is 706 g/mol. The molecular formula is C20H30N14Na2O10S2. The summed E-state index contributed by atoms with van der Waals surface area (Å²) in [6.07, 6.45) is 1.40. The van der Waals surface area contributed by atoms with Gasteiger partial charge in [-0.05, 0) is 6.07 Å². The van der Waals surface area contributed by atoms with Gasteiger partial charge in [0.05, 0.1) is 57.6 Å². The fourth-order valence-corrected chi connectivity index (χ4v) is 3.56. The number of aliphatic hydroxyl groups excluding tert-OH is 2. The molecule has 28 heteroatoms. The minimum atomic E-state index is -4.63. The fraction of sp³-hybridized carbons (Fsp3) is 0.500. The van der Waals surface area contributed by atoms with Crippen molar-refractivity contribution in [1.82, 2.24) is 39.9 Å². The second-order valence-corrected chi connectivity index (χ2v) is 10.2. The zero-order valence-electron chi connectivity index (χ0n) is 25.8. The van der Waals surface area contributed by atoms with Gasteiger partial charge in [0.15, 0.2) is 0 Å². The maximum absolute atomic E-state index is 11.1. The third-order valence-electron chi connectivity index (χ3n) is 4.69. The second-order valence-electron chi connectivity index (χ2n) is 8.11. The van der Waals surface area contributed by atoms with Gasteiger partial charge in [-0.25, -0.2) is 13.4 Å². The van der Waals surface area contributed by atoms with Gasteiger partial charge in [-0.15, -0.1) is 0 Å². The zero-order chi connectivity index (χ0) is 33.0. The Balaban J connectivity index is 0.00000576. The van der Waals surface area contributed by atoms with Crippen LogP contribution in [0.2, 0.25) is 0 Å². The maximum Gasteiger partial charge on any atom is 1.00 e. The monoisotopic (exact) mass is 736 g/mol. The smallest absolute Gasteiger partial charge is 0.747 e. The minimum absolute atomic E-state index is 0. The van der Waals surface area contributed by atoms with E-state index in [9.17, 15) is 18.2 Å². The maximum atomic E-state index is 11.1. The summed E-state index contributed by atoms with van der Waals surface area (Å²) >= 11 is 0.657. The molecule has 0 saturated heterocycles. The van der Waals surface area contributed by atoms with Crippen LogP contribution in [0.4, 0.5) is 47.5 Å². The number of nitrogens with one attached hydrogen (secondary N) is 6. The third-order valence-corrected chi connectivity index (χ3v) is 5.60. The van der Waals surface area contributed by atoms with E-state index in [4.69, 9.17) is 19.7 Å². The van der Waals surface area contributed by atoms with Crippen LogP contribution in [-0.4, -0.2) is 128 Å². The van der Waals surface area contributed by atoms with Crippen LogP contribution < -0.4 is 96.3 Å². The van der Waals surface area contributed by atoms with Gasteiger partial charge in [0.25, 0.3) is 0 Å². The summed E-state index contributed by atoms with van der Waals surface area (Å²) in [4.78, 5) is 33.5. The Kier molecular flexibility index (Phi) is 22.8. The van der Waals surface area contributed by atoms with E-state index in [2.05, 4.69) is 81.1 Å². The van der Waals surface area contributed by atoms with Crippen LogP contribution in [0.25, 0.3) is 0 Å². The van der Waals surface area contributed by atoms with Crippen molar-refractivity contribution in [3.05, 3.63) is 12.3 Å². The Bertz CT molecular complexity index is 1460. The van der Waals surface area contributed by atoms with Crippen molar-refractivity contribution < 1.29 is 106 Å². The van der Waals surface area contributed by atoms with Gasteiger partial charge < -0.3 is 56.1 Å². The number of aromatic nitrogens is 8. The molecule has 3 rings (SSSR count). The van der Waals surface area contributed by atoms with E-state index in [0.29, 0.717) is 18.6 Å². The van der Waals surface area contributed by atoms with Crippen LogP contribution in [0.15, 0.2) is 12.3 Å². The Hall–Kier alpha value is -2.12. The van der Waals surface area contributed by atoms with E-state index in [1.165, 1.54) is 12.3 Å². The number of ether oxygens (including phenoxy) is 2. The van der Waals surface area contributed by atoms with Gasteiger partial charge in [-0.2, -0.15) is 39.2 Å². The molecule has 0 aliphatic rings. The number of aliphatic hydroxyl groups is 2. The van der Waals surface area contributed by atoms with E-state index in [0.717, 1.165) is 0 Å². The minimum Gasteiger partial charge on any atom is -0.747 e. The average molecular weight is 737 g/mol. The first-order chi connectivity index (χ1) is 22.3. The molecule has 0 aliphatic carbocycles. The van der Waals surface area contributed by atoms with E-state index in [-0.39, 0.29) is 159 Å². The Labute approximate surface area is 322 Å². The van der Waals surface area contributed by atoms with Crippen LogP contribution >= 0.6 is 12.0 Å². The predicted octanol–water partition coefficient (Wildman–Crippen LogP) is -8.66. The van der Waals surface area contributed by atoms with Gasteiger partial charge in [0.2, 0.25) is 41.6 Å². The summed E-state index contributed by atoms with van der Waals surface area (Å²) in [7, 11) is -4.63. The van der Waals surface area contributed by atoms with Gasteiger partial charge >= 0.3 is 59.1 Å². The quantitative estimate of drug-likeness (QED) is 0.00805. The molecule has 0 atom stereocenters. The molecule has 24 nitrogen and oxygen atoms in total. The van der Waals surface area contributed by atoms with Crippen molar-refractivity contribution in [2.45, 2.75) is 0 Å².